The van der Waals surface area contributed by atoms with Crippen LogP contribution in [0.1, 0.15) is 33.1 Å². The molecule has 0 saturated carbocycles. The third-order valence-electron chi connectivity index (χ3n) is 2.25. The third-order valence-corrected chi connectivity index (χ3v) is 2.25. The van der Waals surface area contributed by atoms with Gasteiger partial charge in [-0.15, -0.1) is 0 Å². The van der Waals surface area contributed by atoms with Gasteiger partial charge in [-0.3, -0.25) is 17.2 Å². The second-order valence-electron chi connectivity index (χ2n) is 3.32. The fourth-order valence-electron chi connectivity index (χ4n) is 1.38. The Morgan fingerprint density at radius 2 is 1.62 bits per heavy atom. The molecule has 0 aliphatic rings. The van der Waals surface area contributed by atoms with E-state index < -0.39 is 11.6 Å². The highest BCUT2D eigenvalue weighted by atomic mass is 16.6. The Bertz CT molecular complexity index is 141. The lowest BCUT2D eigenvalue weighted by Gasteiger charge is -2.37. The normalized spacial score (nSPS) is 13.4. The topological polar surface area (TPSA) is 108 Å². The van der Waals surface area contributed by atoms with Crippen LogP contribution in [-0.2, 0) is 4.74 Å². The molecule has 0 aromatic rings. The highest BCUT2D eigenvalue weighted by Crippen LogP contribution is 2.25. The number of rotatable bonds is 6. The summed E-state index contributed by atoms with van der Waals surface area (Å²) in [7, 11) is 0. The highest BCUT2D eigenvalue weighted by molar-refractivity contribution is 4.79. The van der Waals surface area contributed by atoms with E-state index in [0.717, 1.165) is 12.8 Å². The van der Waals surface area contributed by atoms with Crippen LogP contribution in [0.3, 0.4) is 0 Å². The van der Waals surface area contributed by atoms with Gasteiger partial charge in [0.15, 0.2) is 0 Å². The first kappa shape index (κ1) is 12.8. The monoisotopic (exact) mass is 191 g/mol. The molecule has 0 aromatic carbocycles. The van der Waals surface area contributed by atoms with Crippen molar-refractivity contribution in [1.82, 2.24) is 0 Å². The summed E-state index contributed by atoms with van der Waals surface area (Å²) < 4.78 is 5.34. The van der Waals surface area contributed by atoms with Crippen molar-refractivity contribution in [2.45, 2.75) is 44.7 Å². The predicted octanol–water partition coefficient (Wildman–Crippen LogP) is -0.568. The predicted molar refractivity (Wildman–Crippen MR) is 51.4 cm³/mol. The van der Waals surface area contributed by atoms with E-state index in [1.54, 1.807) is 0 Å². The Kier molecular flexibility index (Phi) is 4.80. The standard InChI is InChI=1S/C8H21N3O2/c1-3-7(4-2,5-6-12)13-8(9,10)11/h12H,3-6,9-11H2,1-2H3. The molecule has 0 atom stereocenters. The largest absolute Gasteiger partial charge is 0.396 e. The van der Waals surface area contributed by atoms with E-state index in [9.17, 15) is 0 Å². The van der Waals surface area contributed by atoms with Crippen molar-refractivity contribution in [3.63, 3.8) is 0 Å². The van der Waals surface area contributed by atoms with Gasteiger partial charge in [-0.1, -0.05) is 13.8 Å². The number of nitrogens with two attached hydrogens (primary N) is 3. The summed E-state index contributed by atoms with van der Waals surface area (Å²) in [4.78, 5) is 0. The van der Waals surface area contributed by atoms with Crippen LogP contribution in [0.15, 0.2) is 0 Å². The molecule has 0 saturated heterocycles. The van der Waals surface area contributed by atoms with E-state index in [-0.39, 0.29) is 6.61 Å². The smallest absolute Gasteiger partial charge is 0.228 e. The Morgan fingerprint density at radius 3 is 1.85 bits per heavy atom. The molecule has 5 nitrogen and oxygen atoms in total. The fourth-order valence-corrected chi connectivity index (χ4v) is 1.38. The van der Waals surface area contributed by atoms with Gasteiger partial charge in [-0.25, -0.2) is 0 Å². The lowest BCUT2D eigenvalue weighted by Crippen LogP contribution is -2.64. The molecular formula is C8H21N3O2. The van der Waals surface area contributed by atoms with E-state index >= 15 is 0 Å². The maximum absolute atomic E-state index is 8.86. The Hall–Kier alpha value is -0.200. The summed E-state index contributed by atoms with van der Waals surface area (Å²) in [5, 5.41) is 8.86. The average Bonchev–Trinajstić information content (AvgIpc) is 2.01. The second kappa shape index (κ2) is 4.88. The summed E-state index contributed by atoms with van der Waals surface area (Å²) in [5.74, 6) is -1.62. The molecular weight excluding hydrogens is 170 g/mol. The van der Waals surface area contributed by atoms with E-state index in [2.05, 4.69) is 0 Å². The molecule has 80 valence electrons. The molecule has 5 heteroatoms. The zero-order valence-electron chi connectivity index (χ0n) is 8.42. The minimum absolute atomic E-state index is 0.0394. The number of ether oxygens (including phenoxy) is 1. The van der Waals surface area contributed by atoms with Gasteiger partial charge < -0.3 is 9.84 Å². The van der Waals surface area contributed by atoms with Crippen LogP contribution in [0.4, 0.5) is 0 Å². The first-order chi connectivity index (χ1) is 5.89. The zero-order chi connectivity index (χ0) is 10.5. The van der Waals surface area contributed by atoms with Crippen LogP contribution in [-0.4, -0.2) is 23.3 Å². The van der Waals surface area contributed by atoms with Crippen LogP contribution in [0, 0.1) is 0 Å². The van der Waals surface area contributed by atoms with Gasteiger partial charge in [0.2, 0.25) is 5.97 Å². The number of hydrogen-bond donors (Lipinski definition) is 4. The van der Waals surface area contributed by atoms with Crippen molar-refractivity contribution >= 4 is 0 Å². The van der Waals surface area contributed by atoms with Crippen molar-refractivity contribution in [2.24, 2.45) is 17.2 Å². The maximum atomic E-state index is 8.86. The van der Waals surface area contributed by atoms with Crippen molar-refractivity contribution in [1.29, 1.82) is 0 Å². The Morgan fingerprint density at radius 1 is 1.15 bits per heavy atom. The van der Waals surface area contributed by atoms with E-state index in [0.29, 0.717) is 6.42 Å². The van der Waals surface area contributed by atoms with Gasteiger partial charge in [0.25, 0.3) is 0 Å². The van der Waals surface area contributed by atoms with Crippen LogP contribution in [0.5, 0.6) is 0 Å². The van der Waals surface area contributed by atoms with Crippen molar-refractivity contribution in [3.8, 4) is 0 Å². The number of aliphatic hydroxyl groups is 1. The fraction of sp³-hybridized carbons (Fsp3) is 1.00. The molecule has 0 aliphatic carbocycles. The van der Waals surface area contributed by atoms with E-state index in [1.807, 2.05) is 13.8 Å². The summed E-state index contributed by atoms with van der Waals surface area (Å²) in [6.07, 6.45) is 1.93. The number of hydrogen-bond acceptors (Lipinski definition) is 5. The summed E-state index contributed by atoms with van der Waals surface area (Å²) in [6, 6.07) is 0. The lowest BCUT2D eigenvalue weighted by atomic mass is 9.93. The van der Waals surface area contributed by atoms with E-state index in [1.165, 1.54) is 0 Å². The summed E-state index contributed by atoms with van der Waals surface area (Å²) in [6.45, 7) is 3.94. The molecule has 0 rings (SSSR count). The van der Waals surface area contributed by atoms with Gasteiger partial charge in [0.1, 0.15) is 0 Å². The average molecular weight is 191 g/mol. The van der Waals surface area contributed by atoms with Crippen molar-refractivity contribution in [3.05, 3.63) is 0 Å². The molecule has 13 heavy (non-hydrogen) atoms. The first-order valence-corrected chi connectivity index (χ1v) is 4.57. The minimum Gasteiger partial charge on any atom is -0.396 e. The van der Waals surface area contributed by atoms with Gasteiger partial charge >= 0.3 is 0 Å². The third kappa shape index (κ3) is 4.54. The number of aliphatic hydroxyl groups excluding tert-OH is 1. The maximum Gasteiger partial charge on any atom is 0.228 e. The summed E-state index contributed by atoms with van der Waals surface area (Å²) in [5.41, 5.74) is 15.6. The molecule has 0 heterocycles. The highest BCUT2D eigenvalue weighted by Gasteiger charge is 2.32. The first-order valence-electron chi connectivity index (χ1n) is 4.57. The second-order valence-corrected chi connectivity index (χ2v) is 3.32. The molecule has 0 unspecified atom stereocenters. The quantitative estimate of drug-likeness (QED) is 0.421. The van der Waals surface area contributed by atoms with Gasteiger partial charge in [-0.05, 0) is 19.3 Å². The molecule has 0 radical (unpaired) electrons. The van der Waals surface area contributed by atoms with Crippen molar-refractivity contribution in [2.75, 3.05) is 6.61 Å². The van der Waals surface area contributed by atoms with Gasteiger partial charge in [-0.2, -0.15) is 0 Å². The van der Waals surface area contributed by atoms with Gasteiger partial charge in [0, 0.05) is 6.61 Å². The molecule has 0 fully saturated rings. The Balaban J connectivity index is 4.38. The van der Waals surface area contributed by atoms with Gasteiger partial charge in [0.05, 0.1) is 5.60 Å². The lowest BCUT2D eigenvalue weighted by molar-refractivity contribution is -0.161. The zero-order valence-corrected chi connectivity index (χ0v) is 8.42. The van der Waals surface area contributed by atoms with Crippen LogP contribution >= 0.6 is 0 Å². The van der Waals surface area contributed by atoms with Crippen LogP contribution in [0.25, 0.3) is 0 Å². The van der Waals surface area contributed by atoms with E-state index in [4.69, 9.17) is 27.0 Å². The molecule has 0 aromatic heterocycles. The molecule has 7 N–H and O–H groups in total. The molecule has 0 spiro atoms. The molecule has 0 amide bonds. The summed E-state index contributed by atoms with van der Waals surface area (Å²) >= 11 is 0. The van der Waals surface area contributed by atoms with Crippen LogP contribution < -0.4 is 17.2 Å². The van der Waals surface area contributed by atoms with Crippen LogP contribution in [0.2, 0.25) is 0 Å². The molecule has 0 bridgehead atoms. The Labute approximate surface area is 79.2 Å². The minimum atomic E-state index is -1.62. The molecule has 0 aliphatic heterocycles. The SMILES string of the molecule is CCC(CC)(CCO)OC(N)(N)N. The van der Waals surface area contributed by atoms with Crippen molar-refractivity contribution < 1.29 is 9.84 Å².